The number of hydrogen-bond donors (Lipinski definition) is 3. The molecule has 0 atom stereocenters. The zero-order valence-electron chi connectivity index (χ0n) is 12.5. The zero-order valence-corrected chi connectivity index (χ0v) is 13.3. The van der Waals surface area contributed by atoms with Crippen LogP contribution in [0.25, 0.3) is 0 Å². The van der Waals surface area contributed by atoms with E-state index in [1.807, 2.05) is 6.92 Å². The van der Waals surface area contributed by atoms with E-state index in [0.717, 1.165) is 19.3 Å². The van der Waals surface area contributed by atoms with Crippen molar-refractivity contribution < 1.29 is 8.42 Å². The third-order valence-corrected chi connectivity index (χ3v) is 5.53. The number of amidine groups is 1. The van der Waals surface area contributed by atoms with Crippen LogP contribution >= 0.6 is 0 Å². The van der Waals surface area contributed by atoms with Crippen molar-refractivity contribution >= 4 is 15.9 Å². The van der Waals surface area contributed by atoms with E-state index in [9.17, 15) is 8.42 Å². The van der Waals surface area contributed by atoms with Gasteiger partial charge in [-0.15, -0.1) is 0 Å². The Morgan fingerprint density at radius 2 is 2.10 bits per heavy atom. The summed E-state index contributed by atoms with van der Waals surface area (Å²) in [6.45, 7) is 4.35. The summed E-state index contributed by atoms with van der Waals surface area (Å²) in [5.74, 6) is 0.538. The molecule has 0 spiro atoms. The fourth-order valence-corrected chi connectivity index (χ4v) is 4.27. The molecule has 0 aromatic carbocycles. The Balaban J connectivity index is 2.32. The van der Waals surface area contributed by atoms with Crippen molar-refractivity contribution in [1.29, 1.82) is 5.41 Å². The van der Waals surface area contributed by atoms with Gasteiger partial charge in [0.25, 0.3) is 10.0 Å². The molecular formula is C13H23N5O2S. The number of aromatic nitrogens is 2. The minimum atomic E-state index is -3.78. The van der Waals surface area contributed by atoms with Gasteiger partial charge in [0.1, 0.15) is 11.7 Å². The van der Waals surface area contributed by atoms with Crippen LogP contribution in [0.15, 0.2) is 11.2 Å². The number of nitrogens with zero attached hydrogens (tertiary/aromatic N) is 2. The maximum Gasteiger partial charge on any atom is 0.260 e. The number of rotatable bonds is 5. The summed E-state index contributed by atoms with van der Waals surface area (Å²) in [7, 11) is -3.78. The first-order valence-electron chi connectivity index (χ1n) is 7.23. The summed E-state index contributed by atoms with van der Waals surface area (Å²) in [5.41, 5.74) is 4.72. The van der Waals surface area contributed by atoms with Crippen LogP contribution in [0.1, 0.15) is 44.9 Å². The molecule has 0 aliphatic heterocycles. The summed E-state index contributed by atoms with van der Waals surface area (Å²) in [4.78, 5) is 4.11. The van der Waals surface area contributed by atoms with Gasteiger partial charge in [0, 0.05) is 12.7 Å². The fraction of sp³-hybridized carbons (Fsp3) is 0.692. The molecule has 21 heavy (non-hydrogen) atoms. The summed E-state index contributed by atoms with van der Waals surface area (Å²) >= 11 is 0. The Labute approximate surface area is 125 Å². The van der Waals surface area contributed by atoms with Crippen LogP contribution in [0.3, 0.4) is 0 Å². The number of aryl methyl sites for hydroxylation is 2. The first-order valence-corrected chi connectivity index (χ1v) is 8.71. The predicted molar refractivity (Wildman–Crippen MR) is 80.7 cm³/mol. The van der Waals surface area contributed by atoms with Crippen molar-refractivity contribution in [3.63, 3.8) is 0 Å². The van der Waals surface area contributed by atoms with Gasteiger partial charge in [0.2, 0.25) is 0 Å². The van der Waals surface area contributed by atoms with Crippen LogP contribution in [-0.2, 0) is 16.6 Å². The molecule has 1 heterocycles. The lowest BCUT2D eigenvalue weighted by molar-refractivity contribution is 0.348. The Hall–Kier alpha value is -1.41. The second-order valence-electron chi connectivity index (χ2n) is 5.57. The normalized spacial score (nSPS) is 18.6. The number of hydrogen-bond acceptors (Lipinski definition) is 4. The summed E-state index contributed by atoms with van der Waals surface area (Å²) in [5, 5.41) is 7.78. The fourth-order valence-electron chi connectivity index (χ4n) is 2.82. The molecule has 1 aromatic rings. The molecule has 1 fully saturated rings. The number of nitrogens with two attached hydrogens (primary N) is 1. The minimum absolute atomic E-state index is 0.00644. The first kappa shape index (κ1) is 16.0. The van der Waals surface area contributed by atoms with E-state index in [0.29, 0.717) is 25.2 Å². The van der Waals surface area contributed by atoms with Gasteiger partial charge in [0.15, 0.2) is 5.03 Å². The number of sulfonamides is 1. The van der Waals surface area contributed by atoms with E-state index < -0.39 is 15.6 Å². The van der Waals surface area contributed by atoms with E-state index in [-0.39, 0.29) is 10.9 Å². The summed E-state index contributed by atoms with van der Waals surface area (Å²) in [6, 6.07) is 0. The third-order valence-electron chi connectivity index (χ3n) is 4.12. The van der Waals surface area contributed by atoms with Gasteiger partial charge < -0.3 is 10.3 Å². The highest BCUT2D eigenvalue weighted by atomic mass is 32.2. The molecule has 1 aliphatic rings. The van der Waals surface area contributed by atoms with Gasteiger partial charge in [-0.05, 0) is 26.7 Å². The van der Waals surface area contributed by atoms with Crippen molar-refractivity contribution in [3.05, 3.63) is 12.0 Å². The smallest absolute Gasteiger partial charge is 0.260 e. The van der Waals surface area contributed by atoms with Crippen LogP contribution in [0, 0.1) is 12.3 Å². The molecule has 0 bridgehead atoms. The number of imidazole rings is 1. The Morgan fingerprint density at radius 1 is 1.48 bits per heavy atom. The van der Waals surface area contributed by atoms with Crippen LogP contribution in [0.4, 0.5) is 0 Å². The Kier molecular flexibility index (Phi) is 4.38. The molecule has 0 radical (unpaired) electrons. The highest BCUT2D eigenvalue weighted by Gasteiger charge is 2.40. The minimum Gasteiger partial charge on any atom is -0.386 e. The van der Waals surface area contributed by atoms with Crippen molar-refractivity contribution in [2.45, 2.75) is 63.1 Å². The quantitative estimate of drug-likeness (QED) is 0.558. The van der Waals surface area contributed by atoms with Crippen molar-refractivity contribution in [2.75, 3.05) is 0 Å². The molecule has 1 saturated carbocycles. The van der Waals surface area contributed by atoms with E-state index in [4.69, 9.17) is 11.1 Å². The average molecular weight is 313 g/mol. The van der Waals surface area contributed by atoms with Crippen molar-refractivity contribution in [3.8, 4) is 0 Å². The lowest BCUT2D eigenvalue weighted by atomic mass is 9.82. The second-order valence-corrected chi connectivity index (χ2v) is 7.20. The van der Waals surface area contributed by atoms with Crippen LogP contribution in [0.5, 0.6) is 0 Å². The maximum atomic E-state index is 12.6. The SMILES string of the molecule is CCn1cc(S(=O)(=O)NC2(C(=N)N)CCCCC2)nc1C. The van der Waals surface area contributed by atoms with E-state index >= 15 is 0 Å². The molecule has 1 aromatic heterocycles. The topological polar surface area (TPSA) is 114 Å². The third kappa shape index (κ3) is 3.11. The van der Waals surface area contributed by atoms with Crippen LogP contribution < -0.4 is 10.5 Å². The maximum absolute atomic E-state index is 12.6. The van der Waals surface area contributed by atoms with Crippen LogP contribution in [0.2, 0.25) is 0 Å². The second kappa shape index (κ2) is 5.76. The zero-order chi connectivity index (χ0) is 15.7. The van der Waals surface area contributed by atoms with Gasteiger partial charge in [0.05, 0.1) is 5.54 Å². The highest BCUT2D eigenvalue weighted by molar-refractivity contribution is 7.89. The van der Waals surface area contributed by atoms with Crippen molar-refractivity contribution in [2.24, 2.45) is 5.73 Å². The number of nitrogens with one attached hydrogen (secondary N) is 2. The predicted octanol–water partition coefficient (Wildman–Crippen LogP) is 1.13. The molecule has 0 saturated heterocycles. The monoisotopic (exact) mass is 313 g/mol. The molecular weight excluding hydrogens is 290 g/mol. The van der Waals surface area contributed by atoms with Gasteiger partial charge in [-0.25, -0.2) is 13.4 Å². The lowest BCUT2D eigenvalue weighted by Gasteiger charge is -2.36. The van der Waals surface area contributed by atoms with Crippen LogP contribution in [-0.4, -0.2) is 29.3 Å². The Morgan fingerprint density at radius 3 is 2.57 bits per heavy atom. The molecule has 0 unspecified atom stereocenters. The largest absolute Gasteiger partial charge is 0.386 e. The average Bonchev–Trinajstić information content (AvgIpc) is 2.81. The van der Waals surface area contributed by atoms with Gasteiger partial charge in [-0.2, -0.15) is 4.72 Å². The summed E-state index contributed by atoms with van der Waals surface area (Å²) in [6.07, 6.45) is 5.42. The van der Waals surface area contributed by atoms with Gasteiger partial charge >= 0.3 is 0 Å². The molecule has 118 valence electrons. The summed E-state index contributed by atoms with van der Waals surface area (Å²) < 4.78 is 29.5. The van der Waals surface area contributed by atoms with Gasteiger partial charge in [-0.1, -0.05) is 19.3 Å². The molecule has 4 N–H and O–H groups in total. The van der Waals surface area contributed by atoms with E-state index in [1.165, 1.54) is 6.20 Å². The van der Waals surface area contributed by atoms with Crippen molar-refractivity contribution in [1.82, 2.24) is 14.3 Å². The molecule has 1 aliphatic carbocycles. The molecule has 7 nitrogen and oxygen atoms in total. The standard InChI is InChI=1S/C13H23N5O2S/c1-3-18-9-11(16-10(18)2)21(19,20)17-13(12(14)15)7-5-4-6-8-13/h9,17H,3-8H2,1-2H3,(H3,14,15). The Bertz CT molecular complexity index is 629. The molecule has 8 heteroatoms. The van der Waals surface area contributed by atoms with E-state index in [1.54, 1.807) is 11.5 Å². The first-order chi connectivity index (χ1) is 9.81. The molecule has 0 amide bonds. The lowest BCUT2D eigenvalue weighted by Crippen LogP contribution is -2.58. The molecule has 2 rings (SSSR count). The highest BCUT2D eigenvalue weighted by Crippen LogP contribution is 2.29. The van der Waals surface area contributed by atoms with Gasteiger partial charge in [-0.3, -0.25) is 5.41 Å². The van der Waals surface area contributed by atoms with E-state index in [2.05, 4.69) is 9.71 Å².